The summed E-state index contributed by atoms with van der Waals surface area (Å²) in [5, 5.41) is 27.3. The number of hydrogen-bond donors (Lipinski definition) is 4. The lowest BCUT2D eigenvalue weighted by atomic mass is 9.99. The number of hydrogen-bond acceptors (Lipinski definition) is 5. The molecule has 66 valence electrons. The lowest BCUT2D eigenvalue weighted by molar-refractivity contribution is -0.215. The summed E-state index contributed by atoms with van der Waals surface area (Å²) in [6.45, 7) is 1.58. The molecule has 0 saturated carbocycles. The first-order valence-corrected chi connectivity index (χ1v) is 3.49. The minimum Gasteiger partial charge on any atom is -0.388 e. The van der Waals surface area contributed by atoms with Crippen LogP contribution in [-0.4, -0.2) is 46.0 Å². The van der Waals surface area contributed by atoms with Gasteiger partial charge in [0.05, 0.1) is 6.10 Å². The van der Waals surface area contributed by atoms with E-state index >= 15 is 0 Å². The number of rotatable bonds is 0. The van der Waals surface area contributed by atoms with E-state index in [9.17, 15) is 0 Å². The second-order valence-corrected chi connectivity index (χ2v) is 2.78. The molecule has 1 aliphatic heterocycles. The first kappa shape index (κ1) is 8.89. The largest absolute Gasteiger partial charge is 0.388 e. The van der Waals surface area contributed by atoms with Crippen LogP contribution in [0.25, 0.3) is 0 Å². The molecule has 0 amide bonds. The van der Waals surface area contributed by atoms with Crippen LogP contribution in [0.4, 0.5) is 0 Å². The van der Waals surface area contributed by atoms with Crippen LogP contribution in [-0.2, 0) is 4.74 Å². The van der Waals surface area contributed by atoms with Gasteiger partial charge in [-0.3, -0.25) is 0 Å². The summed E-state index contributed by atoms with van der Waals surface area (Å²) in [6, 6.07) is 0. The molecule has 5 N–H and O–H groups in total. The van der Waals surface area contributed by atoms with Gasteiger partial charge in [-0.1, -0.05) is 0 Å². The molecule has 0 unspecified atom stereocenters. The van der Waals surface area contributed by atoms with Gasteiger partial charge in [0.1, 0.15) is 24.5 Å². The predicted octanol–water partition coefficient (Wildman–Crippen LogP) is -2.23. The van der Waals surface area contributed by atoms with E-state index in [-0.39, 0.29) is 0 Å². The number of ether oxygens (including phenoxy) is 1. The van der Waals surface area contributed by atoms with Crippen LogP contribution in [0.5, 0.6) is 0 Å². The second-order valence-electron chi connectivity index (χ2n) is 2.78. The van der Waals surface area contributed by atoms with Crippen molar-refractivity contribution in [1.82, 2.24) is 0 Å². The molecule has 1 heterocycles. The van der Waals surface area contributed by atoms with Crippen molar-refractivity contribution < 1.29 is 20.1 Å². The molecule has 0 radical (unpaired) electrons. The summed E-state index contributed by atoms with van der Waals surface area (Å²) in [5.41, 5.74) is 5.28. The van der Waals surface area contributed by atoms with Crippen molar-refractivity contribution in [2.75, 3.05) is 0 Å². The van der Waals surface area contributed by atoms with Crippen molar-refractivity contribution in [3.8, 4) is 0 Å². The Morgan fingerprint density at radius 3 is 2.18 bits per heavy atom. The van der Waals surface area contributed by atoms with Crippen LogP contribution in [0.3, 0.4) is 0 Å². The van der Waals surface area contributed by atoms with Crippen molar-refractivity contribution >= 4 is 0 Å². The number of aliphatic hydroxyl groups excluding tert-OH is 3. The van der Waals surface area contributed by atoms with E-state index in [1.165, 1.54) is 0 Å². The van der Waals surface area contributed by atoms with E-state index in [1.807, 2.05) is 0 Å². The van der Waals surface area contributed by atoms with Crippen LogP contribution in [0.15, 0.2) is 0 Å². The molecule has 0 bridgehead atoms. The van der Waals surface area contributed by atoms with Gasteiger partial charge in [-0.05, 0) is 6.92 Å². The smallest absolute Gasteiger partial charge is 0.135 e. The number of nitrogens with two attached hydrogens (primary N) is 1. The van der Waals surface area contributed by atoms with E-state index in [2.05, 4.69) is 0 Å². The Balaban J connectivity index is 2.63. The molecule has 0 aromatic rings. The minimum atomic E-state index is -1.21. The maximum Gasteiger partial charge on any atom is 0.135 e. The van der Waals surface area contributed by atoms with Gasteiger partial charge < -0.3 is 25.8 Å². The van der Waals surface area contributed by atoms with Gasteiger partial charge in [-0.15, -0.1) is 0 Å². The fraction of sp³-hybridized carbons (Fsp3) is 1.00. The van der Waals surface area contributed by atoms with Crippen LogP contribution in [0, 0.1) is 0 Å². The number of aliphatic hydroxyl groups is 3. The molecule has 0 spiro atoms. The summed E-state index contributed by atoms with van der Waals surface area (Å²) in [7, 11) is 0. The molecular formula is C6H13NO4. The Morgan fingerprint density at radius 2 is 1.64 bits per heavy atom. The van der Waals surface area contributed by atoms with Crippen molar-refractivity contribution in [3.63, 3.8) is 0 Å². The normalized spacial score (nSPS) is 52.6. The maximum atomic E-state index is 9.14. The molecule has 0 aromatic heterocycles. The SMILES string of the molecule is C[C@@H]1O[C@H](N)[C@@H](O)[C@@H](O)[C@@H]1O. The highest BCUT2D eigenvalue weighted by Gasteiger charge is 2.39. The first-order valence-electron chi connectivity index (χ1n) is 3.49. The van der Waals surface area contributed by atoms with Crippen molar-refractivity contribution in [2.45, 2.75) is 37.6 Å². The molecule has 11 heavy (non-hydrogen) atoms. The van der Waals surface area contributed by atoms with Gasteiger partial charge in [0.2, 0.25) is 0 Å². The lowest BCUT2D eigenvalue weighted by Crippen LogP contribution is -2.59. The van der Waals surface area contributed by atoms with Gasteiger partial charge in [-0.2, -0.15) is 0 Å². The molecule has 0 aliphatic carbocycles. The zero-order chi connectivity index (χ0) is 8.59. The standard InChI is InChI=1S/C6H13NO4/c1-2-3(8)4(9)5(10)6(7)11-2/h2-6,8-10H,7H2,1H3/t2-,3+,4-,5-,6-/m0/s1. The van der Waals surface area contributed by atoms with Gasteiger partial charge in [0.25, 0.3) is 0 Å². The summed E-state index contributed by atoms with van der Waals surface area (Å²) in [6.07, 6.45) is -4.94. The Hall–Kier alpha value is -0.200. The molecule has 1 saturated heterocycles. The van der Waals surface area contributed by atoms with Gasteiger partial charge in [0, 0.05) is 0 Å². The zero-order valence-electron chi connectivity index (χ0n) is 6.21. The van der Waals surface area contributed by atoms with E-state index in [4.69, 9.17) is 25.8 Å². The Morgan fingerprint density at radius 1 is 1.09 bits per heavy atom. The molecule has 5 atom stereocenters. The van der Waals surface area contributed by atoms with E-state index in [0.717, 1.165) is 0 Å². The third-order valence-corrected chi connectivity index (χ3v) is 1.89. The van der Waals surface area contributed by atoms with Crippen LogP contribution < -0.4 is 5.73 Å². The molecule has 1 rings (SSSR count). The van der Waals surface area contributed by atoms with E-state index in [0.29, 0.717) is 0 Å². The Bertz CT molecular complexity index is 129. The quantitative estimate of drug-likeness (QED) is 0.324. The molecule has 0 aromatic carbocycles. The maximum absolute atomic E-state index is 9.14. The average molecular weight is 163 g/mol. The highest BCUT2D eigenvalue weighted by Crippen LogP contribution is 2.17. The topological polar surface area (TPSA) is 95.9 Å². The fourth-order valence-electron chi connectivity index (χ4n) is 1.08. The molecular weight excluding hydrogens is 150 g/mol. The van der Waals surface area contributed by atoms with Crippen LogP contribution in [0.2, 0.25) is 0 Å². The van der Waals surface area contributed by atoms with Crippen molar-refractivity contribution in [3.05, 3.63) is 0 Å². The third kappa shape index (κ3) is 1.52. The lowest BCUT2D eigenvalue weighted by Gasteiger charge is -2.37. The molecule has 5 nitrogen and oxygen atoms in total. The Kier molecular flexibility index (Phi) is 2.46. The first-order chi connectivity index (χ1) is 5.04. The van der Waals surface area contributed by atoms with Gasteiger partial charge in [0.15, 0.2) is 0 Å². The molecule has 5 heteroatoms. The summed E-state index contributed by atoms with van der Waals surface area (Å²) >= 11 is 0. The third-order valence-electron chi connectivity index (χ3n) is 1.89. The van der Waals surface area contributed by atoms with E-state index in [1.54, 1.807) is 6.92 Å². The molecule has 1 fully saturated rings. The second kappa shape index (κ2) is 3.04. The van der Waals surface area contributed by atoms with Gasteiger partial charge in [-0.25, -0.2) is 0 Å². The van der Waals surface area contributed by atoms with Crippen molar-refractivity contribution in [2.24, 2.45) is 5.73 Å². The summed E-state index contributed by atoms with van der Waals surface area (Å²) in [5.74, 6) is 0. The van der Waals surface area contributed by atoms with Crippen molar-refractivity contribution in [1.29, 1.82) is 0 Å². The summed E-state index contributed by atoms with van der Waals surface area (Å²) < 4.78 is 4.90. The van der Waals surface area contributed by atoms with E-state index < -0.39 is 30.6 Å². The fourth-order valence-corrected chi connectivity index (χ4v) is 1.08. The highest BCUT2D eigenvalue weighted by atomic mass is 16.5. The van der Waals surface area contributed by atoms with Crippen LogP contribution in [0.1, 0.15) is 6.92 Å². The summed E-state index contributed by atoms with van der Waals surface area (Å²) in [4.78, 5) is 0. The minimum absolute atomic E-state index is 0.539. The predicted molar refractivity (Wildman–Crippen MR) is 36.5 cm³/mol. The Labute approximate surface area is 64.4 Å². The van der Waals surface area contributed by atoms with Gasteiger partial charge >= 0.3 is 0 Å². The highest BCUT2D eigenvalue weighted by molar-refractivity contribution is 4.87. The zero-order valence-corrected chi connectivity index (χ0v) is 6.21. The van der Waals surface area contributed by atoms with Crippen LogP contribution >= 0.6 is 0 Å². The average Bonchev–Trinajstić information content (AvgIpc) is 1.97. The molecule has 1 aliphatic rings. The monoisotopic (exact) mass is 163 g/mol.